The molecule has 0 saturated carbocycles. The van der Waals surface area contributed by atoms with Gasteiger partial charge in [0.15, 0.2) is 0 Å². The molecule has 0 amide bonds. The summed E-state index contributed by atoms with van der Waals surface area (Å²) < 4.78 is 4.96. The van der Waals surface area contributed by atoms with Gasteiger partial charge in [-0.3, -0.25) is 4.79 Å². The van der Waals surface area contributed by atoms with E-state index in [4.69, 9.17) is 10.5 Å². The first kappa shape index (κ1) is 11.5. The molecule has 0 spiro atoms. The second-order valence-corrected chi connectivity index (χ2v) is 3.30. The molecule has 0 aliphatic rings. The SMILES string of the molecule is C=CC[C@H](N)c1cccc(OC(C)=O)c1. The van der Waals surface area contributed by atoms with Crippen molar-refractivity contribution in [2.75, 3.05) is 0 Å². The molecule has 15 heavy (non-hydrogen) atoms. The minimum Gasteiger partial charge on any atom is -0.427 e. The lowest BCUT2D eigenvalue weighted by Crippen LogP contribution is -2.09. The molecule has 0 fully saturated rings. The summed E-state index contributed by atoms with van der Waals surface area (Å²) in [7, 11) is 0. The van der Waals surface area contributed by atoms with Crippen LogP contribution in [0.2, 0.25) is 0 Å². The van der Waals surface area contributed by atoms with E-state index in [1.54, 1.807) is 18.2 Å². The fourth-order valence-corrected chi connectivity index (χ4v) is 1.29. The number of carbonyl (C=O) groups excluding carboxylic acids is 1. The summed E-state index contributed by atoms with van der Waals surface area (Å²) in [6.07, 6.45) is 2.46. The highest BCUT2D eigenvalue weighted by Gasteiger charge is 2.05. The normalized spacial score (nSPS) is 11.9. The molecule has 2 N–H and O–H groups in total. The average molecular weight is 205 g/mol. The molecule has 80 valence electrons. The van der Waals surface area contributed by atoms with Crippen LogP contribution in [0.5, 0.6) is 5.75 Å². The maximum Gasteiger partial charge on any atom is 0.308 e. The van der Waals surface area contributed by atoms with Crippen LogP contribution in [0.1, 0.15) is 24.9 Å². The van der Waals surface area contributed by atoms with E-state index in [0.29, 0.717) is 12.2 Å². The Kier molecular flexibility index (Phi) is 4.06. The van der Waals surface area contributed by atoms with Crippen molar-refractivity contribution in [3.05, 3.63) is 42.5 Å². The summed E-state index contributed by atoms with van der Waals surface area (Å²) >= 11 is 0. The Bertz CT molecular complexity index is 360. The third-order valence-electron chi connectivity index (χ3n) is 1.97. The first-order valence-corrected chi connectivity index (χ1v) is 4.78. The molecule has 0 unspecified atom stereocenters. The van der Waals surface area contributed by atoms with Crippen molar-refractivity contribution in [2.45, 2.75) is 19.4 Å². The van der Waals surface area contributed by atoms with E-state index >= 15 is 0 Å². The van der Waals surface area contributed by atoms with Gasteiger partial charge in [0.05, 0.1) is 0 Å². The predicted octanol–water partition coefficient (Wildman–Crippen LogP) is 2.19. The Labute approximate surface area is 89.5 Å². The predicted molar refractivity (Wildman–Crippen MR) is 59.5 cm³/mol. The number of hydrogen-bond acceptors (Lipinski definition) is 3. The number of ether oxygens (including phenoxy) is 1. The largest absolute Gasteiger partial charge is 0.427 e. The zero-order valence-corrected chi connectivity index (χ0v) is 8.77. The van der Waals surface area contributed by atoms with Crippen LogP contribution in [0.4, 0.5) is 0 Å². The third kappa shape index (κ3) is 3.56. The van der Waals surface area contributed by atoms with Gasteiger partial charge in [-0.25, -0.2) is 0 Å². The second-order valence-electron chi connectivity index (χ2n) is 3.30. The van der Waals surface area contributed by atoms with Crippen molar-refractivity contribution in [3.63, 3.8) is 0 Å². The molecule has 0 aliphatic heterocycles. The van der Waals surface area contributed by atoms with Crippen LogP contribution in [0.3, 0.4) is 0 Å². The summed E-state index contributed by atoms with van der Waals surface area (Å²) in [6.45, 7) is 5.00. The standard InChI is InChI=1S/C12H15NO2/c1-3-5-12(13)10-6-4-7-11(8-10)15-9(2)14/h3-4,6-8,12H,1,5,13H2,2H3/t12-/m0/s1. The first-order valence-electron chi connectivity index (χ1n) is 4.78. The van der Waals surface area contributed by atoms with Gasteiger partial charge in [0.1, 0.15) is 5.75 Å². The van der Waals surface area contributed by atoms with Crippen LogP contribution in [-0.2, 0) is 4.79 Å². The number of esters is 1. The zero-order chi connectivity index (χ0) is 11.3. The Morgan fingerprint density at radius 3 is 3.00 bits per heavy atom. The molecular weight excluding hydrogens is 190 g/mol. The minimum atomic E-state index is -0.329. The number of nitrogens with two attached hydrogens (primary N) is 1. The molecule has 0 radical (unpaired) electrons. The molecule has 0 heterocycles. The van der Waals surface area contributed by atoms with Gasteiger partial charge in [0, 0.05) is 13.0 Å². The van der Waals surface area contributed by atoms with Crippen molar-refractivity contribution in [2.24, 2.45) is 5.73 Å². The highest BCUT2D eigenvalue weighted by atomic mass is 16.5. The van der Waals surface area contributed by atoms with Crippen LogP contribution in [0.15, 0.2) is 36.9 Å². The fourth-order valence-electron chi connectivity index (χ4n) is 1.29. The smallest absolute Gasteiger partial charge is 0.308 e. The monoisotopic (exact) mass is 205 g/mol. The molecule has 3 nitrogen and oxygen atoms in total. The molecular formula is C12H15NO2. The molecule has 0 aromatic heterocycles. The molecule has 3 heteroatoms. The topological polar surface area (TPSA) is 52.3 Å². The summed E-state index contributed by atoms with van der Waals surface area (Å²) in [5.41, 5.74) is 6.83. The summed E-state index contributed by atoms with van der Waals surface area (Å²) in [6, 6.07) is 7.12. The van der Waals surface area contributed by atoms with Crippen LogP contribution in [0.25, 0.3) is 0 Å². The lowest BCUT2D eigenvalue weighted by atomic mass is 10.0. The van der Waals surface area contributed by atoms with Gasteiger partial charge >= 0.3 is 5.97 Å². The van der Waals surface area contributed by atoms with Gasteiger partial charge in [-0.1, -0.05) is 18.2 Å². The van der Waals surface area contributed by atoms with Crippen LogP contribution >= 0.6 is 0 Å². The molecule has 1 rings (SSSR count). The van der Waals surface area contributed by atoms with Crippen molar-refractivity contribution in [1.82, 2.24) is 0 Å². The molecule has 0 bridgehead atoms. The lowest BCUT2D eigenvalue weighted by molar-refractivity contribution is -0.131. The Morgan fingerprint density at radius 2 is 2.40 bits per heavy atom. The van der Waals surface area contributed by atoms with Gasteiger partial charge in [-0.15, -0.1) is 6.58 Å². The minimum absolute atomic E-state index is 0.0991. The van der Waals surface area contributed by atoms with E-state index in [2.05, 4.69) is 6.58 Å². The van der Waals surface area contributed by atoms with E-state index in [1.807, 2.05) is 12.1 Å². The van der Waals surface area contributed by atoms with Gasteiger partial charge in [-0.2, -0.15) is 0 Å². The maximum absolute atomic E-state index is 10.8. The highest BCUT2D eigenvalue weighted by Crippen LogP contribution is 2.20. The van der Waals surface area contributed by atoms with Crippen LogP contribution in [0, 0.1) is 0 Å². The van der Waals surface area contributed by atoms with Gasteiger partial charge in [0.2, 0.25) is 0 Å². The average Bonchev–Trinajstić information content (AvgIpc) is 2.17. The van der Waals surface area contributed by atoms with Crippen LogP contribution < -0.4 is 10.5 Å². The van der Waals surface area contributed by atoms with Crippen molar-refractivity contribution in [3.8, 4) is 5.75 Å². The maximum atomic E-state index is 10.8. The zero-order valence-electron chi connectivity index (χ0n) is 8.77. The van der Waals surface area contributed by atoms with E-state index in [1.165, 1.54) is 6.92 Å². The Hall–Kier alpha value is -1.61. The molecule has 1 atom stereocenters. The Morgan fingerprint density at radius 1 is 1.67 bits per heavy atom. The summed E-state index contributed by atoms with van der Waals surface area (Å²) in [5.74, 6) is 0.198. The van der Waals surface area contributed by atoms with E-state index in [-0.39, 0.29) is 12.0 Å². The van der Waals surface area contributed by atoms with Gasteiger partial charge in [-0.05, 0) is 24.1 Å². The van der Waals surface area contributed by atoms with Crippen molar-refractivity contribution in [1.29, 1.82) is 0 Å². The third-order valence-corrected chi connectivity index (χ3v) is 1.97. The van der Waals surface area contributed by atoms with E-state index in [0.717, 1.165) is 5.56 Å². The number of benzene rings is 1. The molecule has 0 saturated heterocycles. The number of carbonyl (C=O) groups is 1. The number of hydrogen-bond donors (Lipinski definition) is 1. The first-order chi connectivity index (χ1) is 7.13. The fraction of sp³-hybridized carbons (Fsp3) is 0.250. The second kappa shape index (κ2) is 5.32. The van der Waals surface area contributed by atoms with E-state index < -0.39 is 0 Å². The quantitative estimate of drug-likeness (QED) is 0.465. The summed E-state index contributed by atoms with van der Waals surface area (Å²) in [5, 5.41) is 0. The van der Waals surface area contributed by atoms with E-state index in [9.17, 15) is 4.79 Å². The highest BCUT2D eigenvalue weighted by molar-refractivity contribution is 5.69. The van der Waals surface area contributed by atoms with Gasteiger partial charge in [0.25, 0.3) is 0 Å². The molecule has 1 aromatic rings. The van der Waals surface area contributed by atoms with Crippen molar-refractivity contribution >= 4 is 5.97 Å². The lowest BCUT2D eigenvalue weighted by Gasteiger charge is -2.10. The molecule has 1 aromatic carbocycles. The number of rotatable bonds is 4. The molecule has 0 aliphatic carbocycles. The van der Waals surface area contributed by atoms with Crippen LogP contribution in [-0.4, -0.2) is 5.97 Å². The van der Waals surface area contributed by atoms with Crippen molar-refractivity contribution < 1.29 is 9.53 Å². The Balaban J connectivity index is 2.81. The van der Waals surface area contributed by atoms with Gasteiger partial charge < -0.3 is 10.5 Å². The summed E-state index contributed by atoms with van der Waals surface area (Å²) in [4.78, 5) is 10.8.